The number of para-hydroxylation sites is 1. The minimum Gasteiger partial charge on any atom is -0.459 e. The Labute approximate surface area is 189 Å². The Bertz CT molecular complexity index is 1170. The summed E-state index contributed by atoms with van der Waals surface area (Å²) in [4.78, 5) is 14.3. The maximum atomic E-state index is 12.7. The van der Waals surface area contributed by atoms with Crippen molar-refractivity contribution < 1.29 is 9.21 Å². The fourth-order valence-corrected chi connectivity index (χ4v) is 4.17. The fraction of sp³-hybridized carbons (Fsp3) is 0.174. The maximum absolute atomic E-state index is 12.7. The molecule has 2 heterocycles. The van der Waals surface area contributed by atoms with E-state index < -0.39 is 0 Å². The number of carbonyl (C=O) groups excluding carboxylic acids is 1. The molecule has 0 saturated carbocycles. The molecule has 0 spiro atoms. The predicted octanol–water partition coefficient (Wildman–Crippen LogP) is 5.24. The van der Waals surface area contributed by atoms with Crippen molar-refractivity contribution in [3.05, 3.63) is 83.3 Å². The van der Waals surface area contributed by atoms with Crippen molar-refractivity contribution in [3.63, 3.8) is 0 Å². The molecule has 4 rings (SSSR count). The van der Waals surface area contributed by atoms with Crippen LogP contribution in [0, 0.1) is 6.92 Å². The summed E-state index contributed by atoms with van der Waals surface area (Å²) in [6.07, 6.45) is 0. The van der Waals surface area contributed by atoms with Gasteiger partial charge in [0.05, 0.1) is 12.3 Å². The lowest BCUT2D eigenvalue weighted by Crippen LogP contribution is -2.27. The van der Waals surface area contributed by atoms with Crippen LogP contribution in [-0.4, -0.2) is 38.4 Å². The van der Waals surface area contributed by atoms with Crippen LogP contribution in [0.4, 0.5) is 0 Å². The number of hydrogen-bond donors (Lipinski definition) is 0. The van der Waals surface area contributed by atoms with Gasteiger partial charge < -0.3 is 9.32 Å². The summed E-state index contributed by atoms with van der Waals surface area (Å²) in [5.41, 5.74) is 1.91. The highest BCUT2D eigenvalue weighted by Gasteiger charge is 2.16. The van der Waals surface area contributed by atoms with Gasteiger partial charge in [0, 0.05) is 23.3 Å². The molecule has 158 valence electrons. The Kier molecular flexibility index (Phi) is 6.44. The second kappa shape index (κ2) is 9.41. The van der Waals surface area contributed by atoms with Gasteiger partial charge >= 0.3 is 0 Å². The van der Waals surface area contributed by atoms with E-state index in [2.05, 4.69) is 10.2 Å². The van der Waals surface area contributed by atoms with Crippen molar-refractivity contribution in [3.8, 4) is 17.0 Å². The predicted molar refractivity (Wildman–Crippen MR) is 122 cm³/mol. The van der Waals surface area contributed by atoms with Gasteiger partial charge in [0.2, 0.25) is 5.91 Å². The van der Waals surface area contributed by atoms with E-state index in [0.717, 1.165) is 22.8 Å². The van der Waals surface area contributed by atoms with Crippen LogP contribution in [-0.2, 0) is 11.3 Å². The molecule has 0 fully saturated rings. The summed E-state index contributed by atoms with van der Waals surface area (Å²) in [5, 5.41) is 9.76. The Morgan fingerprint density at radius 2 is 1.81 bits per heavy atom. The third-order valence-corrected chi connectivity index (χ3v) is 5.91. The summed E-state index contributed by atoms with van der Waals surface area (Å²) >= 11 is 7.31. The van der Waals surface area contributed by atoms with E-state index >= 15 is 0 Å². The number of hydrogen-bond acceptors (Lipinski definition) is 5. The zero-order valence-electron chi connectivity index (χ0n) is 17.2. The highest BCUT2D eigenvalue weighted by Crippen LogP contribution is 2.25. The van der Waals surface area contributed by atoms with Gasteiger partial charge in [-0.2, -0.15) is 0 Å². The average Bonchev–Trinajstić information content (AvgIpc) is 3.39. The van der Waals surface area contributed by atoms with Gasteiger partial charge in [-0.15, -0.1) is 10.2 Å². The number of thioether (sulfide) groups is 1. The molecule has 0 bridgehead atoms. The van der Waals surface area contributed by atoms with Gasteiger partial charge in [-0.3, -0.25) is 9.36 Å². The first-order valence-corrected chi connectivity index (χ1v) is 11.1. The molecule has 0 saturated heterocycles. The van der Waals surface area contributed by atoms with Crippen LogP contribution in [0.1, 0.15) is 11.6 Å². The number of aromatic nitrogens is 3. The molecular formula is C23H21ClN4O2S. The minimum absolute atomic E-state index is 0.0188. The van der Waals surface area contributed by atoms with Crippen LogP contribution >= 0.6 is 23.4 Å². The molecule has 0 aliphatic carbocycles. The third kappa shape index (κ3) is 5.00. The molecule has 0 radical (unpaired) electrons. The highest BCUT2D eigenvalue weighted by molar-refractivity contribution is 7.99. The van der Waals surface area contributed by atoms with Crippen molar-refractivity contribution in [1.82, 2.24) is 19.7 Å². The van der Waals surface area contributed by atoms with E-state index in [1.54, 1.807) is 11.9 Å². The lowest BCUT2D eigenvalue weighted by molar-refractivity contribution is -0.127. The van der Waals surface area contributed by atoms with E-state index in [1.165, 1.54) is 11.8 Å². The van der Waals surface area contributed by atoms with Gasteiger partial charge in [-0.25, -0.2) is 0 Å². The third-order valence-electron chi connectivity index (χ3n) is 4.74. The van der Waals surface area contributed by atoms with Crippen LogP contribution in [0.25, 0.3) is 17.0 Å². The molecule has 4 aromatic rings. The molecule has 0 aliphatic heterocycles. The van der Waals surface area contributed by atoms with Crippen LogP contribution < -0.4 is 0 Å². The van der Waals surface area contributed by atoms with Crippen LogP contribution in [0.2, 0.25) is 5.02 Å². The number of aryl methyl sites for hydroxylation is 1. The normalized spacial score (nSPS) is 10.9. The Morgan fingerprint density at radius 1 is 1.06 bits per heavy atom. The van der Waals surface area contributed by atoms with Crippen LogP contribution in [0.3, 0.4) is 0 Å². The number of rotatable bonds is 7. The second-order valence-electron chi connectivity index (χ2n) is 7.01. The first kappa shape index (κ1) is 21.2. The SMILES string of the molecule is Cc1nnc(SCC(=O)N(C)Cc2ccc(-c3ccc(Cl)cc3)o2)n1-c1ccccc1. The van der Waals surface area contributed by atoms with Crippen molar-refractivity contribution >= 4 is 29.3 Å². The molecule has 8 heteroatoms. The molecule has 0 aliphatic rings. The number of nitrogens with zero attached hydrogens (tertiary/aromatic N) is 4. The van der Waals surface area contributed by atoms with Gasteiger partial charge in [-0.1, -0.05) is 41.6 Å². The monoisotopic (exact) mass is 452 g/mol. The number of benzene rings is 2. The molecule has 0 atom stereocenters. The van der Waals surface area contributed by atoms with Crippen LogP contribution in [0.15, 0.2) is 76.3 Å². The maximum Gasteiger partial charge on any atom is 0.233 e. The topological polar surface area (TPSA) is 64.2 Å². The highest BCUT2D eigenvalue weighted by atomic mass is 35.5. The summed E-state index contributed by atoms with van der Waals surface area (Å²) in [6.45, 7) is 2.28. The molecule has 0 unspecified atom stereocenters. The summed E-state index contributed by atoms with van der Waals surface area (Å²) in [7, 11) is 1.76. The zero-order chi connectivity index (χ0) is 21.8. The summed E-state index contributed by atoms with van der Waals surface area (Å²) < 4.78 is 7.85. The number of halogens is 1. The number of furan rings is 1. The van der Waals surface area contributed by atoms with E-state index in [9.17, 15) is 4.79 Å². The lowest BCUT2D eigenvalue weighted by atomic mass is 10.2. The van der Waals surface area contributed by atoms with Crippen molar-refractivity contribution in [2.75, 3.05) is 12.8 Å². The molecule has 6 nitrogen and oxygen atoms in total. The zero-order valence-corrected chi connectivity index (χ0v) is 18.7. The molecule has 2 aromatic carbocycles. The molecule has 0 N–H and O–H groups in total. The van der Waals surface area contributed by atoms with Crippen molar-refractivity contribution in [1.29, 1.82) is 0 Å². The van der Waals surface area contributed by atoms with E-state index in [4.69, 9.17) is 16.0 Å². The van der Waals surface area contributed by atoms with Gasteiger partial charge in [0.1, 0.15) is 17.3 Å². The van der Waals surface area contributed by atoms with E-state index in [-0.39, 0.29) is 11.7 Å². The van der Waals surface area contributed by atoms with Gasteiger partial charge in [0.25, 0.3) is 0 Å². The Hall–Kier alpha value is -3.03. The lowest BCUT2D eigenvalue weighted by Gasteiger charge is -2.15. The summed E-state index contributed by atoms with van der Waals surface area (Å²) in [6, 6.07) is 21.1. The second-order valence-corrected chi connectivity index (χ2v) is 8.39. The number of amides is 1. The molecule has 31 heavy (non-hydrogen) atoms. The first-order valence-electron chi connectivity index (χ1n) is 9.70. The van der Waals surface area contributed by atoms with E-state index in [0.29, 0.717) is 22.5 Å². The van der Waals surface area contributed by atoms with Crippen molar-refractivity contribution in [2.24, 2.45) is 0 Å². The van der Waals surface area contributed by atoms with E-state index in [1.807, 2.05) is 78.2 Å². The average molecular weight is 453 g/mol. The fourth-order valence-electron chi connectivity index (χ4n) is 3.10. The molecule has 1 amide bonds. The van der Waals surface area contributed by atoms with Crippen molar-refractivity contribution in [2.45, 2.75) is 18.6 Å². The number of carbonyl (C=O) groups is 1. The van der Waals surface area contributed by atoms with Gasteiger partial charge in [0.15, 0.2) is 5.16 Å². The molecular weight excluding hydrogens is 432 g/mol. The Balaban J connectivity index is 1.38. The minimum atomic E-state index is -0.0188. The Morgan fingerprint density at radius 3 is 2.55 bits per heavy atom. The first-order chi connectivity index (χ1) is 15.0. The summed E-state index contributed by atoms with van der Waals surface area (Å²) in [5.74, 6) is 2.48. The smallest absolute Gasteiger partial charge is 0.233 e. The quantitative estimate of drug-likeness (QED) is 0.359. The molecule has 2 aromatic heterocycles. The standard InChI is InChI=1S/C23H21ClN4O2S/c1-16-25-26-23(28(16)19-6-4-3-5-7-19)31-15-22(29)27(2)14-20-12-13-21(30-20)17-8-10-18(24)11-9-17/h3-13H,14-15H2,1-2H3. The largest absolute Gasteiger partial charge is 0.459 e. The van der Waals surface area contributed by atoms with Crippen LogP contribution in [0.5, 0.6) is 0 Å². The van der Waals surface area contributed by atoms with Gasteiger partial charge in [-0.05, 0) is 55.5 Å².